The molecule has 2 N–H and O–H groups in total. The van der Waals surface area contributed by atoms with Gasteiger partial charge in [0, 0.05) is 33.2 Å². The lowest BCUT2D eigenvalue weighted by atomic mass is 10.1. The van der Waals surface area contributed by atoms with Crippen LogP contribution in [0.2, 0.25) is 0 Å². The second-order valence-corrected chi connectivity index (χ2v) is 7.12. The zero-order valence-electron chi connectivity index (χ0n) is 17.4. The number of hydrogen-bond acceptors (Lipinski definition) is 4. The van der Waals surface area contributed by atoms with Gasteiger partial charge in [0.15, 0.2) is 11.8 Å². The molecular weight excluding hydrogens is 479 g/mol. The van der Waals surface area contributed by atoms with Crippen molar-refractivity contribution in [3.63, 3.8) is 0 Å². The van der Waals surface area contributed by atoms with E-state index < -0.39 is 0 Å². The Balaban J connectivity index is 0.00000300. The highest BCUT2D eigenvalue weighted by molar-refractivity contribution is 14.0. The van der Waals surface area contributed by atoms with Gasteiger partial charge in [0.05, 0.1) is 12.6 Å². The largest absolute Gasteiger partial charge is 0.374 e. The topological polar surface area (TPSA) is 76.4 Å². The van der Waals surface area contributed by atoms with Gasteiger partial charge in [0.25, 0.3) is 0 Å². The summed E-state index contributed by atoms with van der Waals surface area (Å²) in [4.78, 5) is 4.29. The number of fused-ring (bicyclic) bond motifs is 1. The number of aromatic nitrogens is 3. The van der Waals surface area contributed by atoms with Crippen molar-refractivity contribution in [1.29, 1.82) is 0 Å². The van der Waals surface area contributed by atoms with Crippen molar-refractivity contribution >= 4 is 29.9 Å². The molecule has 1 unspecified atom stereocenters. The van der Waals surface area contributed by atoms with E-state index in [2.05, 4.69) is 49.4 Å². The van der Waals surface area contributed by atoms with E-state index >= 15 is 0 Å². The Kier molecular flexibility index (Phi) is 10.4. The quantitative estimate of drug-likeness (QED) is 0.245. The van der Waals surface area contributed by atoms with Gasteiger partial charge in [-0.25, -0.2) is 0 Å². The molecule has 1 atom stereocenters. The van der Waals surface area contributed by atoms with Gasteiger partial charge in [-0.05, 0) is 31.7 Å². The second kappa shape index (κ2) is 12.8. The van der Waals surface area contributed by atoms with Crippen LogP contribution in [0.3, 0.4) is 0 Å². The van der Waals surface area contributed by atoms with Crippen molar-refractivity contribution in [3.8, 4) is 0 Å². The van der Waals surface area contributed by atoms with Crippen LogP contribution >= 0.6 is 24.0 Å². The number of aryl methyl sites for hydroxylation is 1. The molecule has 3 rings (SSSR count). The zero-order valence-corrected chi connectivity index (χ0v) is 19.8. The molecule has 0 aliphatic carbocycles. The van der Waals surface area contributed by atoms with Gasteiger partial charge in [0.1, 0.15) is 5.82 Å². The van der Waals surface area contributed by atoms with Gasteiger partial charge in [0.2, 0.25) is 0 Å². The van der Waals surface area contributed by atoms with Crippen LogP contribution in [-0.4, -0.2) is 40.9 Å². The Morgan fingerprint density at radius 3 is 2.79 bits per heavy atom. The molecule has 7 nitrogen and oxygen atoms in total. The maximum absolute atomic E-state index is 5.91. The van der Waals surface area contributed by atoms with Crippen LogP contribution in [0.4, 0.5) is 0 Å². The number of nitrogens with one attached hydrogen (secondary N) is 2. The van der Waals surface area contributed by atoms with Crippen LogP contribution in [0.1, 0.15) is 55.9 Å². The van der Waals surface area contributed by atoms with Crippen LogP contribution in [-0.2, 0) is 24.2 Å². The number of aliphatic imine (C=N–C) groups is 1. The molecule has 160 valence electrons. The lowest BCUT2D eigenvalue weighted by molar-refractivity contribution is 0.0646. The molecule has 0 spiro atoms. The normalized spacial score (nSPS) is 15.0. The predicted octanol–water partition coefficient (Wildman–Crippen LogP) is 3.46. The standard InChI is InChI=1S/C21H32N6O.HI/c1-17(18-10-5-3-6-11-18)28-15-9-13-23-21(22-2)24-16-20-26-25-19-12-7-4-8-14-27(19)20;/h3,5-6,10-11,17H,4,7-9,12-16H2,1-2H3,(H2,22,23,24);1H. The smallest absolute Gasteiger partial charge is 0.191 e. The highest BCUT2D eigenvalue weighted by Crippen LogP contribution is 2.16. The number of ether oxygens (including phenoxy) is 1. The van der Waals surface area contributed by atoms with Crippen molar-refractivity contribution in [2.45, 2.75) is 58.2 Å². The SMILES string of the molecule is CN=C(NCCCOC(C)c1ccccc1)NCc1nnc2n1CCCCC2.I. The van der Waals surface area contributed by atoms with E-state index in [4.69, 9.17) is 4.74 Å². The summed E-state index contributed by atoms with van der Waals surface area (Å²) in [6.07, 6.45) is 5.73. The summed E-state index contributed by atoms with van der Waals surface area (Å²) in [5.41, 5.74) is 1.21. The van der Waals surface area contributed by atoms with E-state index in [0.717, 1.165) is 43.5 Å². The predicted molar refractivity (Wildman–Crippen MR) is 127 cm³/mol. The summed E-state index contributed by atoms with van der Waals surface area (Å²) < 4.78 is 8.17. The number of guanidine groups is 1. The Hall–Kier alpha value is -1.68. The Labute approximate surface area is 190 Å². The molecule has 1 aromatic heterocycles. The molecule has 1 aliphatic heterocycles. The Bertz CT molecular complexity index is 749. The molecule has 8 heteroatoms. The molecule has 0 bridgehead atoms. The first-order chi connectivity index (χ1) is 13.8. The zero-order chi connectivity index (χ0) is 19.6. The van der Waals surface area contributed by atoms with Gasteiger partial charge in [-0.1, -0.05) is 36.8 Å². The summed E-state index contributed by atoms with van der Waals surface area (Å²) in [5, 5.41) is 15.4. The van der Waals surface area contributed by atoms with Crippen molar-refractivity contribution in [1.82, 2.24) is 25.4 Å². The summed E-state index contributed by atoms with van der Waals surface area (Å²) in [7, 11) is 1.79. The molecule has 1 aliphatic rings. The van der Waals surface area contributed by atoms with E-state index in [-0.39, 0.29) is 30.1 Å². The minimum Gasteiger partial charge on any atom is -0.374 e. The Morgan fingerprint density at radius 1 is 1.17 bits per heavy atom. The van der Waals surface area contributed by atoms with Crippen LogP contribution in [0.15, 0.2) is 35.3 Å². The highest BCUT2D eigenvalue weighted by Gasteiger charge is 2.14. The van der Waals surface area contributed by atoms with E-state index in [1.165, 1.54) is 24.8 Å². The van der Waals surface area contributed by atoms with Crippen LogP contribution in [0.5, 0.6) is 0 Å². The van der Waals surface area contributed by atoms with Gasteiger partial charge in [-0.15, -0.1) is 34.2 Å². The van der Waals surface area contributed by atoms with Crippen LogP contribution in [0.25, 0.3) is 0 Å². The van der Waals surface area contributed by atoms with Gasteiger partial charge in [-0.2, -0.15) is 0 Å². The molecular formula is C21H33IN6O. The number of halogens is 1. The van der Waals surface area contributed by atoms with Gasteiger partial charge >= 0.3 is 0 Å². The van der Waals surface area contributed by atoms with E-state index in [1.807, 2.05) is 18.2 Å². The number of nitrogens with zero attached hydrogens (tertiary/aromatic N) is 4. The van der Waals surface area contributed by atoms with E-state index in [0.29, 0.717) is 13.2 Å². The molecule has 2 heterocycles. The first kappa shape index (κ1) is 23.6. The molecule has 0 radical (unpaired) electrons. The van der Waals surface area contributed by atoms with Gasteiger partial charge < -0.3 is 19.9 Å². The lowest BCUT2D eigenvalue weighted by Gasteiger charge is -2.15. The first-order valence-corrected chi connectivity index (χ1v) is 10.3. The Morgan fingerprint density at radius 2 is 2.00 bits per heavy atom. The molecule has 0 saturated heterocycles. The lowest BCUT2D eigenvalue weighted by Crippen LogP contribution is -2.38. The van der Waals surface area contributed by atoms with Gasteiger partial charge in [-0.3, -0.25) is 4.99 Å². The second-order valence-electron chi connectivity index (χ2n) is 7.12. The van der Waals surface area contributed by atoms with Crippen LogP contribution in [0, 0.1) is 0 Å². The monoisotopic (exact) mass is 512 g/mol. The fourth-order valence-electron chi connectivity index (χ4n) is 3.42. The average Bonchev–Trinajstić information content (AvgIpc) is 2.96. The summed E-state index contributed by atoms with van der Waals surface area (Å²) in [5.74, 6) is 2.88. The third kappa shape index (κ3) is 7.26. The van der Waals surface area contributed by atoms with E-state index in [1.54, 1.807) is 7.05 Å². The fraction of sp³-hybridized carbons (Fsp3) is 0.571. The minimum atomic E-state index is 0. The number of rotatable bonds is 8. The van der Waals surface area contributed by atoms with Crippen molar-refractivity contribution in [2.75, 3.05) is 20.2 Å². The third-order valence-electron chi connectivity index (χ3n) is 5.07. The summed E-state index contributed by atoms with van der Waals surface area (Å²) in [6.45, 7) is 5.25. The van der Waals surface area contributed by atoms with Crippen molar-refractivity contribution in [2.24, 2.45) is 4.99 Å². The molecule has 0 saturated carbocycles. The first-order valence-electron chi connectivity index (χ1n) is 10.3. The highest BCUT2D eigenvalue weighted by atomic mass is 127. The molecule has 2 aromatic rings. The van der Waals surface area contributed by atoms with Crippen LogP contribution < -0.4 is 10.6 Å². The third-order valence-corrected chi connectivity index (χ3v) is 5.07. The van der Waals surface area contributed by atoms with Crippen molar-refractivity contribution < 1.29 is 4.74 Å². The fourth-order valence-corrected chi connectivity index (χ4v) is 3.42. The number of benzene rings is 1. The summed E-state index contributed by atoms with van der Waals surface area (Å²) >= 11 is 0. The molecule has 29 heavy (non-hydrogen) atoms. The molecule has 1 aromatic carbocycles. The van der Waals surface area contributed by atoms with Crippen molar-refractivity contribution in [3.05, 3.63) is 47.5 Å². The molecule has 0 amide bonds. The maximum atomic E-state index is 5.91. The van der Waals surface area contributed by atoms with E-state index in [9.17, 15) is 0 Å². The average molecular weight is 512 g/mol. The number of hydrogen-bond donors (Lipinski definition) is 2. The maximum Gasteiger partial charge on any atom is 0.191 e. The molecule has 0 fully saturated rings. The summed E-state index contributed by atoms with van der Waals surface area (Å²) in [6, 6.07) is 10.3. The minimum absolute atomic E-state index is 0.